The van der Waals surface area contributed by atoms with Crippen LogP contribution in [0.2, 0.25) is 0 Å². The molecule has 2 aliphatic rings. The number of aromatic nitrogens is 1. The molecule has 3 rings (SSSR count). The van der Waals surface area contributed by atoms with Crippen molar-refractivity contribution in [1.29, 1.82) is 0 Å². The number of piperazine rings is 1. The van der Waals surface area contributed by atoms with Crippen LogP contribution in [0.5, 0.6) is 0 Å². The molecule has 1 aliphatic heterocycles. The standard InChI is InChI=1S/C18H26N4O3/c1-25-13-18(5-2-6-18)17(24)22-10-9-20-12-15(22)16(23)21-11-14-3-7-19-8-4-14/h3-4,7-8,15,20H,2,5-6,9-13H2,1H3,(H,21,23). The van der Waals surface area contributed by atoms with Gasteiger partial charge in [-0.15, -0.1) is 0 Å². The van der Waals surface area contributed by atoms with Gasteiger partial charge in [0.25, 0.3) is 0 Å². The molecule has 0 aromatic carbocycles. The van der Waals surface area contributed by atoms with Crippen molar-refractivity contribution in [2.24, 2.45) is 5.41 Å². The van der Waals surface area contributed by atoms with Gasteiger partial charge in [0.05, 0.1) is 12.0 Å². The van der Waals surface area contributed by atoms with Crippen molar-refractivity contribution in [2.75, 3.05) is 33.4 Å². The summed E-state index contributed by atoms with van der Waals surface area (Å²) >= 11 is 0. The van der Waals surface area contributed by atoms with Gasteiger partial charge in [0.15, 0.2) is 0 Å². The van der Waals surface area contributed by atoms with Crippen LogP contribution in [0, 0.1) is 5.41 Å². The number of rotatable bonds is 6. The number of nitrogens with zero attached hydrogens (tertiary/aromatic N) is 2. The molecule has 2 heterocycles. The van der Waals surface area contributed by atoms with Crippen LogP contribution in [0.4, 0.5) is 0 Å². The first kappa shape index (κ1) is 17.8. The monoisotopic (exact) mass is 346 g/mol. The zero-order valence-corrected chi connectivity index (χ0v) is 14.7. The number of ether oxygens (including phenoxy) is 1. The maximum absolute atomic E-state index is 13.1. The van der Waals surface area contributed by atoms with Crippen LogP contribution in [-0.4, -0.2) is 61.1 Å². The first-order valence-electron chi connectivity index (χ1n) is 8.84. The zero-order valence-electron chi connectivity index (χ0n) is 14.7. The van der Waals surface area contributed by atoms with Crippen molar-refractivity contribution in [3.63, 3.8) is 0 Å². The van der Waals surface area contributed by atoms with Gasteiger partial charge in [-0.2, -0.15) is 0 Å². The maximum Gasteiger partial charge on any atom is 0.244 e. The fraction of sp³-hybridized carbons (Fsp3) is 0.611. The molecule has 1 aromatic rings. The lowest BCUT2D eigenvalue weighted by atomic mass is 9.68. The molecule has 0 spiro atoms. The van der Waals surface area contributed by atoms with Gasteiger partial charge in [0, 0.05) is 45.7 Å². The van der Waals surface area contributed by atoms with E-state index in [2.05, 4.69) is 15.6 Å². The van der Waals surface area contributed by atoms with Crippen molar-refractivity contribution in [1.82, 2.24) is 20.5 Å². The molecule has 0 radical (unpaired) electrons. The number of hydrogen-bond acceptors (Lipinski definition) is 5. The van der Waals surface area contributed by atoms with E-state index in [1.165, 1.54) is 0 Å². The van der Waals surface area contributed by atoms with Crippen LogP contribution in [0.15, 0.2) is 24.5 Å². The highest BCUT2D eigenvalue weighted by Crippen LogP contribution is 2.43. The van der Waals surface area contributed by atoms with E-state index in [0.29, 0.717) is 32.8 Å². The lowest BCUT2D eigenvalue weighted by molar-refractivity contribution is -0.158. The number of nitrogens with one attached hydrogen (secondary N) is 2. The Bertz CT molecular complexity index is 604. The molecule has 136 valence electrons. The normalized spacial score (nSPS) is 22.1. The molecule has 0 bridgehead atoms. The van der Waals surface area contributed by atoms with Gasteiger partial charge < -0.3 is 20.3 Å². The molecule has 1 saturated carbocycles. The lowest BCUT2D eigenvalue weighted by Gasteiger charge is -2.46. The number of pyridine rings is 1. The Balaban J connectivity index is 1.65. The zero-order chi connectivity index (χ0) is 17.7. The van der Waals surface area contributed by atoms with Crippen molar-refractivity contribution < 1.29 is 14.3 Å². The second-order valence-corrected chi connectivity index (χ2v) is 6.86. The Hall–Kier alpha value is -1.99. The summed E-state index contributed by atoms with van der Waals surface area (Å²) in [5, 5.41) is 6.16. The van der Waals surface area contributed by atoms with E-state index in [1.807, 2.05) is 12.1 Å². The molecule has 1 unspecified atom stereocenters. The minimum Gasteiger partial charge on any atom is -0.384 e. The van der Waals surface area contributed by atoms with E-state index in [9.17, 15) is 9.59 Å². The van der Waals surface area contributed by atoms with Gasteiger partial charge in [-0.05, 0) is 30.5 Å². The van der Waals surface area contributed by atoms with E-state index < -0.39 is 11.5 Å². The van der Waals surface area contributed by atoms with Gasteiger partial charge in [0.2, 0.25) is 11.8 Å². The largest absolute Gasteiger partial charge is 0.384 e. The Morgan fingerprint density at radius 2 is 2.16 bits per heavy atom. The van der Waals surface area contributed by atoms with Crippen molar-refractivity contribution in [2.45, 2.75) is 31.8 Å². The smallest absolute Gasteiger partial charge is 0.244 e. The summed E-state index contributed by atoms with van der Waals surface area (Å²) in [5.74, 6) is -0.0598. The molecule has 2 N–H and O–H groups in total. The summed E-state index contributed by atoms with van der Waals surface area (Å²) in [6.45, 7) is 2.61. The Morgan fingerprint density at radius 1 is 1.40 bits per heavy atom. The summed E-state index contributed by atoms with van der Waals surface area (Å²) in [4.78, 5) is 31.5. The fourth-order valence-corrected chi connectivity index (χ4v) is 3.59. The minimum atomic E-state index is -0.475. The third kappa shape index (κ3) is 3.82. The molecule has 7 nitrogen and oxygen atoms in total. The molecular formula is C18H26N4O3. The van der Waals surface area contributed by atoms with Crippen LogP contribution in [0.1, 0.15) is 24.8 Å². The Kier molecular flexibility index (Phi) is 5.65. The molecule has 7 heteroatoms. The molecule has 1 aliphatic carbocycles. The fourth-order valence-electron chi connectivity index (χ4n) is 3.59. The second-order valence-electron chi connectivity index (χ2n) is 6.86. The van der Waals surface area contributed by atoms with Crippen LogP contribution in [-0.2, 0) is 20.9 Å². The number of methoxy groups -OCH3 is 1. The average Bonchev–Trinajstić information content (AvgIpc) is 2.63. The molecule has 1 aromatic heterocycles. The second kappa shape index (κ2) is 7.93. The summed E-state index contributed by atoms with van der Waals surface area (Å²) < 4.78 is 5.29. The number of carbonyl (C=O) groups excluding carboxylic acids is 2. The minimum absolute atomic E-state index is 0.0613. The quantitative estimate of drug-likeness (QED) is 0.775. The van der Waals surface area contributed by atoms with Crippen LogP contribution >= 0.6 is 0 Å². The lowest BCUT2D eigenvalue weighted by Crippen LogP contribution is -2.63. The van der Waals surface area contributed by atoms with E-state index in [-0.39, 0.29) is 11.8 Å². The predicted molar refractivity (Wildman–Crippen MR) is 92.6 cm³/mol. The molecule has 1 saturated heterocycles. The van der Waals surface area contributed by atoms with Crippen LogP contribution < -0.4 is 10.6 Å². The van der Waals surface area contributed by atoms with Gasteiger partial charge >= 0.3 is 0 Å². The summed E-state index contributed by atoms with van der Waals surface area (Å²) in [5.41, 5.74) is 0.551. The third-order valence-electron chi connectivity index (χ3n) is 5.21. The first-order chi connectivity index (χ1) is 12.2. The maximum atomic E-state index is 13.1. The van der Waals surface area contributed by atoms with E-state index in [0.717, 1.165) is 24.8 Å². The third-order valence-corrected chi connectivity index (χ3v) is 5.21. The highest BCUT2D eigenvalue weighted by molar-refractivity contribution is 5.91. The van der Waals surface area contributed by atoms with E-state index in [1.54, 1.807) is 24.4 Å². The van der Waals surface area contributed by atoms with Crippen LogP contribution in [0.25, 0.3) is 0 Å². The van der Waals surface area contributed by atoms with E-state index >= 15 is 0 Å². The average molecular weight is 346 g/mol. The summed E-state index contributed by atoms with van der Waals surface area (Å²) in [7, 11) is 1.63. The highest BCUT2D eigenvalue weighted by atomic mass is 16.5. The molecule has 2 amide bonds. The van der Waals surface area contributed by atoms with Crippen molar-refractivity contribution in [3.8, 4) is 0 Å². The summed E-state index contributed by atoms with van der Waals surface area (Å²) in [6.07, 6.45) is 6.12. The Labute approximate surface area is 148 Å². The summed E-state index contributed by atoms with van der Waals surface area (Å²) in [6, 6.07) is 3.26. The van der Waals surface area contributed by atoms with E-state index in [4.69, 9.17) is 4.74 Å². The molecule has 25 heavy (non-hydrogen) atoms. The SMILES string of the molecule is COCC1(C(=O)N2CCNCC2C(=O)NCc2ccncc2)CCC1. The van der Waals surface area contributed by atoms with Gasteiger partial charge in [0.1, 0.15) is 6.04 Å². The molecule has 2 fully saturated rings. The molecule has 1 atom stereocenters. The highest BCUT2D eigenvalue weighted by Gasteiger charge is 2.48. The Morgan fingerprint density at radius 3 is 2.80 bits per heavy atom. The van der Waals surface area contributed by atoms with Crippen molar-refractivity contribution in [3.05, 3.63) is 30.1 Å². The van der Waals surface area contributed by atoms with Gasteiger partial charge in [-0.25, -0.2) is 0 Å². The number of carbonyl (C=O) groups is 2. The number of hydrogen-bond donors (Lipinski definition) is 2. The first-order valence-corrected chi connectivity index (χ1v) is 8.84. The number of amides is 2. The van der Waals surface area contributed by atoms with Crippen molar-refractivity contribution >= 4 is 11.8 Å². The molecular weight excluding hydrogens is 320 g/mol. The van der Waals surface area contributed by atoms with Crippen LogP contribution in [0.3, 0.4) is 0 Å². The van der Waals surface area contributed by atoms with Gasteiger partial charge in [-0.1, -0.05) is 6.42 Å². The van der Waals surface area contributed by atoms with Gasteiger partial charge in [-0.3, -0.25) is 14.6 Å². The predicted octanol–water partition coefficient (Wildman–Crippen LogP) is 0.315. The topological polar surface area (TPSA) is 83.6 Å².